The largest absolute Gasteiger partial charge is 0.499 e. The minimum absolute atomic E-state index is 0.00391. The summed E-state index contributed by atoms with van der Waals surface area (Å²) in [6, 6.07) is 11.1. The molecule has 0 aliphatic carbocycles. The first-order valence-electron chi connectivity index (χ1n) is 18.1. The SMILES string of the molecule is C=COCCOCCOCCOCCOCCOCCOCCOCCOCCOCCOCCOC(=O)c1ccccc1Nc1cccc(C(F)(F)F)c1. The van der Waals surface area contributed by atoms with Gasteiger partial charge in [0, 0.05) is 5.69 Å². The first kappa shape index (κ1) is 47.8. The first-order valence-corrected chi connectivity index (χ1v) is 18.1. The van der Waals surface area contributed by atoms with E-state index < -0.39 is 17.7 Å². The van der Waals surface area contributed by atoms with E-state index in [-0.39, 0.29) is 24.5 Å². The van der Waals surface area contributed by atoms with Crippen LogP contribution in [0, 0.1) is 0 Å². The van der Waals surface area contributed by atoms with E-state index in [4.69, 9.17) is 56.8 Å². The zero-order valence-electron chi connectivity index (χ0n) is 31.4. The lowest BCUT2D eigenvalue weighted by molar-refractivity contribution is -0.137. The van der Waals surface area contributed by atoms with E-state index in [0.29, 0.717) is 138 Å². The highest BCUT2D eigenvalue weighted by atomic mass is 19.4. The van der Waals surface area contributed by atoms with Crippen LogP contribution in [0.3, 0.4) is 0 Å². The fourth-order valence-electron chi connectivity index (χ4n) is 4.24. The van der Waals surface area contributed by atoms with Crippen LogP contribution < -0.4 is 5.32 Å². The molecule has 2 aromatic carbocycles. The maximum Gasteiger partial charge on any atom is 0.416 e. The number of nitrogens with one attached hydrogen (secondary N) is 1. The normalized spacial score (nSPS) is 11.5. The van der Waals surface area contributed by atoms with Gasteiger partial charge < -0.3 is 62.2 Å². The third-order valence-corrected chi connectivity index (χ3v) is 6.89. The molecule has 0 spiro atoms. The number of carbonyl (C=O) groups excluding carboxylic acids is 1. The van der Waals surface area contributed by atoms with Crippen LogP contribution in [0.15, 0.2) is 61.4 Å². The summed E-state index contributed by atoms with van der Waals surface area (Å²) >= 11 is 0. The van der Waals surface area contributed by atoms with Gasteiger partial charge in [0.2, 0.25) is 0 Å². The van der Waals surface area contributed by atoms with Crippen molar-refractivity contribution in [2.75, 3.05) is 151 Å². The van der Waals surface area contributed by atoms with Gasteiger partial charge in [-0.2, -0.15) is 13.2 Å². The Morgan fingerprint density at radius 3 is 1.31 bits per heavy atom. The maximum atomic E-state index is 13.0. The molecule has 0 aliphatic heterocycles. The van der Waals surface area contributed by atoms with Crippen molar-refractivity contribution in [2.24, 2.45) is 0 Å². The van der Waals surface area contributed by atoms with Gasteiger partial charge in [-0.3, -0.25) is 0 Å². The van der Waals surface area contributed by atoms with Crippen LogP contribution in [0.25, 0.3) is 0 Å². The van der Waals surface area contributed by atoms with Crippen molar-refractivity contribution < 1.29 is 74.8 Å². The van der Waals surface area contributed by atoms with Crippen LogP contribution in [0.1, 0.15) is 15.9 Å². The molecule has 0 atom stereocenters. The topological polar surface area (TPSA) is 140 Å². The molecule has 1 N–H and O–H groups in total. The van der Waals surface area contributed by atoms with E-state index in [9.17, 15) is 18.0 Å². The summed E-state index contributed by atoms with van der Waals surface area (Å²) in [5.74, 6) is -0.630. The predicted octanol–water partition coefficient (Wildman–Crippen LogP) is 4.93. The Balaban J connectivity index is 1.28. The van der Waals surface area contributed by atoms with E-state index in [1.807, 2.05) is 0 Å². The number of alkyl halides is 3. The summed E-state index contributed by atoms with van der Waals surface area (Å²) in [7, 11) is 0. The Hall–Kier alpha value is -3.36. The zero-order valence-corrected chi connectivity index (χ0v) is 31.4. The standard InChI is InChI=1S/C38H56F3NO13/c1-2-44-10-11-45-12-13-46-14-15-47-16-17-48-18-19-49-20-21-50-22-23-51-24-25-52-26-27-53-28-29-54-30-31-55-37(43)35-8-3-4-9-36(35)42-34-7-5-6-33(32-34)38(39,40)41/h2-9,32,42H,1,10-31H2. The molecule has 55 heavy (non-hydrogen) atoms. The molecule has 0 amide bonds. The molecule has 0 aliphatic rings. The van der Waals surface area contributed by atoms with Gasteiger partial charge in [0.25, 0.3) is 0 Å². The van der Waals surface area contributed by atoms with Crippen molar-refractivity contribution in [3.63, 3.8) is 0 Å². The van der Waals surface area contributed by atoms with Gasteiger partial charge in [0.05, 0.1) is 155 Å². The molecular formula is C38H56F3NO13. The molecule has 2 aromatic rings. The number of ether oxygens (including phenoxy) is 12. The van der Waals surface area contributed by atoms with Crippen molar-refractivity contribution in [2.45, 2.75) is 6.18 Å². The quantitative estimate of drug-likeness (QED) is 0.0562. The Morgan fingerprint density at radius 2 is 0.909 bits per heavy atom. The Bertz CT molecular complexity index is 1240. The van der Waals surface area contributed by atoms with Crippen molar-refractivity contribution in [3.8, 4) is 0 Å². The van der Waals surface area contributed by atoms with Gasteiger partial charge in [-0.25, -0.2) is 4.79 Å². The lowest BCUT2D eigenvalue weighted by Gasteiger charge is -2.13. The lowest BCUT2D eigenvalue weighted by atomic mass is 10.1. The van der Waals surface area contributed by atoms with Crippen molar-refractivity contribution in [1.29, 1.82) is 0 Å². The second-order valence-electron chi connectivity index (χ2n) is 11.0. The Morgan fingerprint density at radius 1 is 0.527 bits per heavy atom. The highest BCUT2D eigenvalue weighted by Crippen LogP contribution is 2.32. The van der Waals surface area contributed by atoms with Crippen LogP contribution in [0.4, 0.5) is 24.5 Å². The van der Waals surface area contributed by atoms with Crippen LogP contribution in [0.2, 0.25) is 0 Å². The molecule has 17 heteroatoms. The Labute approximate surface area is 321 Å². The van der Waals surface area contributed by atoms with Crippen molar-refractivity contribution >= 4 is 17.3 Å². The van der Waals surface area contributed by atoms with Crippen LogP contribution in [-0.2, 0) is 63.0 Å². The molecule has 0 fully saturated rings. The van der Waals surface area contributed by atoms with Gasteiger partial charge >= 0.3 is 12.1 Å². The molecular weight excluding hydrogens is 735 g/mol. The molecule has 312 valence electrons. The van der Waals surface area contributed by atoms with E-state index in [1.54, 1.807) is 18.2 Å². The number of halogens is 3. The van der Waals surface area contributed by atoms with Gasteiger partial charge in [-0.1, -0.05) is 24.8 Å². The van der Waals surface area contributed by atoms with Crippen LogP contribution in [-0.4, -0.2) is 151 Å². The van der Waals surface area contributed by atoms with E-state index in [1.165, 1.54) is 24.5 Å². The third-order valence-electron chi connectivity index (χ3n) is 6.89. The second-order valence-corrected chi connectivity index (χ2v) is 11.0. The number of esters is 1. The molecule has 0 saturated heterocycles. The number of benzene rings is 2. The number of anilines is 2. The highest BCUT2D eigenvalue weighted by Gasteiger charge is 2.30. The fraction of sp³-hybridized carbons (Fsp3) is 0.605. The van der Waals surface area contributed by atoms with Crippen molar-refractivity contribution in [3.05, 3.63) is 72.5 Å². The third kappa shape index (κ3) is 26.2. The Kier molecular flexibility index (Phi) is 28.5. The number of rotatable bonds is 37. The van der Waals surface area contributed by atoms with E-state index in [0.717, 1.165) is 12.1 Å². The summed E-state index contributed by atoms with van der Waals surface area (Å²) in [4.78, 5) is 12.6. The van der Waals surface area contributed by atoms with Gasteiger partial charge in [0.15, 0.2) is 0 Å². The average Bonchev–Trinajstić information content (AvgIpc) is 3.18. The molecule has 2 rings (SSSR count). The highest BCUT2D eigenvalue weighted by molar-refractivity contribution is 5.96. The molecule has 0 heterocycles. The predicted molar refractivity (Wildman–Crippen MR) is 196 cm³/mol. The summed E-state index contributed by atoms with van der Waals surface area (Å²) in [5.41, 5.74) is -0.0968. The van der Waals surface area contributed by atoms with E-state index >= 15 is 0 Å². The monoisotopic (exact) mass is 791 g/mol. The summed E-state index contributed by atoms with van der Waals surface area (Å²) in [6.45, 7) is 12.6. The first-order chi connectivity index (χ1) is 26.9. The van der Waals surface area contributed by atoms with Crippen molar-refractivity contribution in [1.82, 2.24) is 0 Å². The molecule has 14 nitrogen and oxygen atoms in total. The van der Waals surface area contributed by atoms with Crippen LogP contribution >= 0.6 is 0 Å². The van der Waals surface area contributed by atoms with Crippen LogP contribution in [0.5, 0.6) is 0 Å². The summed E-state index contributed by atoms with van der Waals surface area (Å²) < 4.78 is 104. The molecule has 0 bridgehead atoms. The molecule has 0 aromatic heterocycles. The molecule has 0 saturated carbocycles. The number of carbonyl (C=O) groups is 1. The molecule has 0 radical (unpaired) electrons. The van der Waals surface area contributed by atoms with E-state index in [2.05, 4.69) is 11.9 Å². The van der Waals surface area contributed by atoms with Gasteiger partial charge in [-0.15, -0.1) is 0 Å². The van der Waals surface area contributed by atoms with Gasteiger partial charge in [-0.05, 0) is 30.3 Å². The summed E-state index contributed by atoms with van der Waals surface area (Å²) in [6.07, 6.45) is -3.10. The second kappa shape index (κ2) is 32.8. The number of hydrogen-bond acceptors (Lipinski definition) is 14. The lowest BCUT2D eigenvalue weighted by Crippen LogP contribution is -2.16. The summed E-state index contributed by atoms with van der Waals surface area (Å²) in [5, 5.41) is 2.86. The smallest absolute Gasteiger partial charge is 0.416 e. The van der Waals surface area contributed by atoms with Gasteiger partial charge in [0.1, 0.15) is 13.2 Å². The average molecular weight is 792 g/mol. The fourth-order valence-corrected chi connectivity index (χ4v) is 4.24. The minimum atomic E-state index is -4.48. The molecule has 0 unspecified atom stereocenters. The zero-order chi connectivity index (χ0) is 39.5. The minimum Gasteiger partial charge on any atom is -0.499 e. The number of hydrogen-bond donors (Lipinski definition) is 1. The maximum absolute atomic E-state index is 13.0. The number of para-hydroxylation sites is 1.